The number of methoxy groups -OCH3 is 1. The summed E-state index contributed by atoms with van der Waals surface area (Å²) in [6.45, 7) is 1.89. The van der Waals surface area contributed by atoms with Crippen LogP contribution in [0.3, 0.4) is 0 Å². The topological polar surface area (TPSA) is 80.4 Å². The van der Waals surface area contributed by atoms with Crippen LogP contribution in [-0.2, 0) is 9.53 Å². The second kappa shape index (κ2) is 8.15. The van der Waals surface area contributed by atoms with E-state index in [0.717, 1.165) is 39.2 Å². The molecule has 1 saturated heterocycles. The van der Waals surface area contributed by atoms with Gasteiger partial charge in [0.25, 0.3) is 11.5 Å². The quantitative estimate of drug-likeness (QED) is 0.532. The molecule has 32 heavy (non-hydrogen) atoms. The predicted octanol–water partition coefficient (Wildman–Crippen LogP) is 3.88. The van der Waals surface area contributed by atoms with Crippen molar-refractivity contribution < 1.29 is 40.6 Å². The zero-order valence-corrected chi connectivity index (χ0v) is 16.9. The van der Waals surface area contributed by atoms with Crippen molar-refractivity contribution in [3.8, 4) is 5.75 Å². The number of aromatic nitrogens is 1. The van der Waals surface area contributed by atoms with E-state index in [2.05, 4.69) is 5.32 Å². The lowest BCUT2D eigenvalue weighted by Crippen LogP contribution is -2.47. The van der Waals surface area contributed by atoms with Crippen molar-refractivity contribution in [1.82, 2.24) is 4.98 Å². The Kier molecular flexibility index (Phi) is 6.02. The van der Waals surface area contributed by atoms with Gasteiger partial charge in [-0.25, -0.2) is 4.39 Å². The normalized spacial score (nSPS) is 25.6. The Hall–Kier alpha value is -3.02. The number of H-pyrrole nitrogens is 1. The second-order valence-electron chi connectivity index (χ2n) is 7.51. The first kappa shape index (κ1) is 23.6. The zero-order valence-electron chi connectivity index (χ0n) is 16.9. The van der Waals surface area contributed by atoms with Crippen molar-refractivity contribution in [1.29, 1.82) is 0 Å². The molecule has 1 aliphatic heterocycles. The van der Waals surface area contributed by atoms with Gasteiger partial charge in [0.15, 0.2) is 23.1 Å². The number of carbonyl (C=O) groups excluding carboxylic acids is 1. The highest BCUT2D eigenvalue weighted by Gasteiger charge is 2.65. The molecule has 1 aromatic carbocycles. The van der Waals surface area contributed by atoms with Crippen LogP contribution in [-0.4, -0.2) is 35.9 Å². The number of halogens is 6. The number of hydrogen-bond acceptors (Lipinski definition) is 4. The first-order chi connectivity index (χ1) is 14.8. The number of alkyl halides is 3. The van der Waals surface area contributed by atoms with Crippen LogP contribution in [0.5, 0.6) is 5.75 Å². The molecule has 174 valence electrons. The maximum absolute atomic E-state index is 14.3. The summed E-state index contributed by atoms with van der Waals surface area (Å²) in [6.07, 6.45) is -6.79. The minimum absolute atomic E-state index is 0.218. The maximum atomic E-state index is 14.3. The van der Waals surface area contributed by atoms with E-state index >= 15 is 0 Å². The molecule has 12 heteroatoms. The lowest BCUT2D eigenvalue weighted by molar-refractivity contribution is -0.272. The van der Waals surface area contributed by atoms with Crippen molar-refractivity contribution in [2.45, 2.75) is 37.6 Å². The molecule has 0 bridgehead atoms. The molecule has 1 fully saturated rings. The lowest BCUT2D eigenvalue weighted by Gasteiger charge is -2.32. The van der Waals surface area contributed by atoms with Crippen LogP contribution >= 0.6 is 0 Å². The van der Waals surface area contributed by atoms with Crippen molar-refractivity contribution in [3.63, 3.8) is 0 Å². The zero-order chi connectivity index (χ0) is 24.0. The number of anilines is 1. The number of ether oxygens (including phenoxy) is 2. The monoisotopic (exact) mass is 464 g/mol. The third-order valence-corrected chi connectivity index (χ3v) is 5.65. The van der Waals surface area contributed by atoms with Crippen LogP contribution in [0.1, 0.15) is 25.3 Å². The molecule has 0 radical (unpaired) electrons. The molecule has 2 N–H and O–H groups in total. The van der Waals surface area contributed by atoms with Crippen LogP contribution in [0.15, 0.2) is 29.1 Å². The van der Waals surface area contributed by atoms with Gasteiger partial charge in [0, 0.05) is 29.5 Å². The Morgan fingerprint density at radius 2 is 1.88 bits per heavy atom. The van der Waals surface area contributed by atoms with Gasteiger partial charge < -0.3 is 14.8 Å². The molecule has 0 unspecified atom stereocenters. The molecular formula is C20H18F6N2O4. The Balaban J connectivity index is 2.10. The average Bonchev–Trinajstić information content (AvgIpc) is 2.95. The first-order valence-electron chi connectivity index (χ1n) is 9.27. The highest BCUT2D eigenvalue weighted by Crippen LogP contribution is 2.54. The maximum Gasteiger partial charge on any atom is 0.417 e. The van der Waals surface area contributed by atoms with Gasteiger partial charge in [0.2, 0.25) is 5.82 Å². The summed E-state index contributed by atoms with van der Waals surface area (Å²) in [7, 11) is 0.999. The van der Waals surface area contributed by atoms with E-state index < -0.39 is 64.5 Å². The van der Waals surface area contributed by atoms with E-state index in [1.165, 1.54) is 0 Å². The van der Waals surface area contributed by atoms with Gasteiger partial charge in [-0.05, 0) is 13.0 Å². The Morgan fingerprint density at radius 1 is 1.22 bits per heavy atom. The number of amides is 1. The van der Waals surface area contributed by atoms with Gasteiger partial charge in [-0.2, -0.15) is 22.0 Å². The van der Waals surface area contributed by atoms with E-state index in [0.29, 0.717) is 6.07 Å². The molecule has 3 rings (SSSR count). The van der Waals surface area contributed by atoms with Gasteiger partial charge in [-0.1, -0.05) is 13.0 Å². The summed E-state index contributed by atoms with van der Waals surface area (Å²) in [4.78, 5) is 26.1. The van der Waals surface area contributed by atoms with Crippen molar-refractivity contribution in [2.24, 2.45) is 5.92 Å². The largest absolute Gasteiger partial charge is 0.493 e. The van der Waals surface area contributed by atoms with Crippen LogP contribution in [0.4, 0.5) is 32.0 Å². The van der Waals surface area contributed by atoms with Crippen LogP contribution in [0.25, 0.3) is 0 Å². The molecular weight excluding hydrogens is 446 g/mol. The summed E-state index contributed by atoms with van der Waals surface area (Å²) in [5.74, 6) is -8.52. The molecule has 2 heterocycles. The number of aromatic amines is 1. The van der Waals surface area contributed by atoms with E-state index in [4.69, 9.17) is 9.47 Å². The highest BCUT2D eigenvalue weighted by atomic mass is 19.4. The third kappa shape index (κ3) is 3.94. The van der Waals surface area contributed by atoms with Crippen LogP contribution in [0, 0.1) is 23.5 Å². The molecule has 0 aliphatic carbocycles. The molecule has 0 spiro atoms. The molecule has 4 atom stereocenters. The van der Waals surface area contributed by atoms with E-state index in [-0.39, 0.29) is 11.3 Å². The SMILES string of the molecule is COc1c([C@H]2[C@H](C(=O)Nc3cc(F)[nH]c(=O)c3)O[C@@](C)(C(F)(F)F)[C@H]2C)ccc(F)c1F. The van der Waals surface area contributed by atoms with Gasteiger partial charge in [-0.3, -0.25) is 14.6 Å². The number of nitrogens with one attached hydrogen (secondary N) is 2. The van der Waals surface area contributed by atoms with Crippen LogP contribution in [0.2, 0.25) is 0 Å². The van der Waals surface area contributed by atoms with E-state index in [1.807, 2.05) is 4.98 Å². The minimum Gasteiger partial charge on any atom is -0.493 e. The predicted molar refractivity (Wildman–Crippen MR) is 99.8 cm³/mol. The number of carbonyl (C=O) groups is 1. The van der Waals surface area contributed by atoms with Crippen LogP contribution < -0.4 is 15.6 Å². The van der Waals surface area contributed by atoms with E-state index in [9.17, 15) is 35.9 Å². The summed E-state index contributed by atoms with van der Waals surface area (Å²) < 4.78 is 93.0. The number of rotatable bonds is 4. The molecule has 2 aromatic rings. The fourth-order valence-electron chi connectivity index (χ4n) is 3.83. The molecule has 1 aromatic heterocycles. The molecule has 6 nitrogen and oxygen atoms in total. The van der Waals surface area contributed by atoms with E-state index in [1.54, 1.807) is 0 Å². The Labute approximate surface area is 177 Å². The van der Waals surface area contributed by atoms with Gasteiger partial charge in [-0.15, -0.1) is 0 Å². The lowest BCUT2D eigenvalue weighted by atomic mass is 9.77. The fraction of sp³-hybridized carbons (Fsp3) is 0.400. The summed E-state index contributed by atoms with van der Waals surface area (Å²) in [5.41, 5.74) is -4.29. The summed E-state index contributed by atoms with van der Waals surface area (Å²) in [6, 6.07) is 3.27. The minimum atomic E-state index is -4.93. The second-order valence-corrected chi connectivity index (χ2v) is 7.51. The highest BCUT2D eigenvalue weighted by molar-refractivity contribution is 5.95. The summed E-state index contributed by atoms with van der Waals surface area (Å²) >= 11 is 0. The molecule has 1 amide bonds. The first-order valence-corrected chi connectivity index (χ1v) is 9.27. The number of pyridine rings is 1. The molecule has 0 saturated carbocycles. The Bertz CT molecular complexity index is 1100. The van der Waals surface area contributed by atoms with Gasteiger partial charge in [0.05, 0.1) is 12.8 Å². The summed E-state index contributed by atoms with van der Waals surface area (Å²) in [5, 5.41) is 2.14. The van der Waals surface area contributed by atoms with Gasteiger partial charge in [0.1, 0.15) is 6.10 Å². The van der Waals surface area contributed by atoms with Crippen molar-refractivity contribution in [2.75, 3.05) is 12.4 Å². The average molecular weight is 464 g/mol. The van der Waals surface area contributed by atoms with Crippen molar-refractivity contribution in [3.05, 3.63) is 57.8 Å². The number of benzene rings is 1. The smallest absolute Gasteiger partial charge is 0.417 e. The standard InChI is InChI=1S/C20H18F6N2O4/c1-8-14(10-4-5-11(21)15(23)16(10)31-3)17(32-19(8,2)20(24,25)26)18(30)27-9-6-12(22)28-13(29)7-9/h4-8,14,17H,1-3H3,(H2,27,28,29,30)/t8-,14-,17+,19+/m0/s1. The van der Waals surface area contributed by atoms with Crippen molar-refractivity contribution >= 4 is 11.6 Å². The number of hydrogen-bond donors (Lipinski definition) is 2. The third-order valence-electron chi connectivity index (χ3n) is 5.65. The Morgan fingerprint density at radius 3 is 2.44 bits per heavy atom. The molecule has 1 aliphatic rings. The van der Waals surface area contributed by atoms with Gasteiger partial charge >= 0.3 is 6.18 Å². The fourth-order valence-corrected chi connectivity index (χ4v) is 3.83.